The van der Waals surface area contributed by atoms with E-state index in [1.165, 1.54) is 11.3 Å². The average Bonchev–Trinajstić information content (AvgIpc) is 2.88. The van der Waals surface area contributed by atoms with E-state index in [0.29, 0.717) is 12.2 Å². The highest BCUT2D eigenvalue weighted by Crippen LogP contribution is 2.30. The Morgan fingerprint density at radius 2 is 2.10 bits per heavy atom. The molecule has 2 aromatic heterocycles. The summed E-state index contributed by atoms with van der Waals surface area (Å²) in [4.78, 5) is 7.52. The van der Waals surface area contributed by atoms with E-state index < -0.39 is 11.9 Å². The first-order valence-electron chi connectivity index (χ1n) is 5.98. The van der Waals surface area contributed by atoms with Crippen LogP contribution in [0.15, 0.2) is 22.9 Å². The van der Waals surface area contributed by atoms with Gasteiger partial charge in [-0.2, -0.15) is 29.5 Å². The fourth-order valence-corrected chi connectivity index (χ4v) is 2.04. The molecule has 0 fully saturated rings. The Labute approximate surface area is 118 Å². The van der Waals surface area contributed by atoms with Crippen LogP contribution in [0.3, 0.4) is 0 Å². The molecule has 8 heteroatoms. The van der Waals surface area contributed by atoms with Crippen molar-refractivity contribution in [3.05, 3.63) is 28.6 Å². The second-order valence-corrected chi connectivity index (χ2v) is 4.80. The van der Waals surface area contributed by atoms with Crippen LogP contribution in [0.25, 0.3) is 0 Å². The minimum atomic E-state index is -4.50. The highest BCUT2D eigenvalue weighted by atomic mass is 32.1. The minimum Gasteiger partial charge on any atom is -0.354 e. The molecule has 2 N–H and O–H groups in total. The average molecular weight is 302 g/mol. The molecule has 0 bridgehead atoms. The third kappa shape index (κ3) is 3.83. The van der Waals surface area contributed by atoms with E-state index in [-0.39, 0.29) is 11.8 Å². The van der Waals surface area contributed by atoms with Crippen LogP contribution >= 0.6 is 11.3 Å². The summed E-state index contributed by atoms with van der Waals surface area (Å²) >= 11 is 1.44. The molecule has 108 valence electrons. The van der Waals surface area contributed by atoms with Crippen molar-refractivity contribution in [3.8, 4) is 0 Å². The Morgan fingerprint density at radius 3 is 2.70 bits per heavy atom. The van der Waals surface area contributed by atoms with Crippen molar-refractivity contribution in [3.63, 3.8) is 0 Å². The van der Waals surface area contributed by atoms with Gasteiger partial charge >= 0.3 is 6.18 Å². The number of halogens is 3. The second kappa shape index (κ2) is 6.08. The van der Waals surface area contributed by atoms with Gasteiger partial charge in [-0.3, -0.25) is 0 Å². The molecule has 4 nitrogen and oxygen atoms in total. The molecular formula is C12H13F3N4S. The number of alkyl halides is 3. The van der Waals surface area contributed by atoms with E-state index in [0.717, 1.165) is 12.5 Å². The zero-order chi connectivity index (χ0) is 14.6. The highest BCUT2D eigenvalue weighted by molar-refractivity contribution is 7.08. The van der Waals surface area contributed by atoms with Crippen LogP contribution in [0.1, 0.15) is 19.0 Å². The van der Waals surface area contributed by atoms with Crippen LogP contribution < -0.4 is 10.6 Å². The fourth-order valence-electron chi connectivity index (χ4n) is 1.46. The van der Waals surface area contributed by atoms with Crippen LogP contribution in [0, 0.1) is 0 Å². The molecule has 0 atom stereocenters. The van der Waals surface area contributed by atoms with Crippen LogP contribution in [-0.4, -0.2) is 16.5 Å². The Kier molecular flexibility index (Phi) is 4.43. The Morgan fingerprint density at radius 1 is 1.30 bits per heavy atom. The predicted octanol–water partition coefficient (Wildman–Crippen LogP) is 4.12. The maximum Gasteiger partial charge on any atom is 0.433 e. The maximum absolute atomic E-state index is 12.8. The summed E-state index contributed by atoms with van der Waals surface area (Å²) in [6, 6.07) is 2.66. The lowest BCUT2D eigenvalue weighted by atomic mass is 10.3. The van der Waals surface area contributed by atoms with Gasteiger partial charge in [0.1, 0.15) is 5.82 Å². The molecule has 0 saturated heterocycles. The monoisotopic (exact) mass is 302 g/mol. The normalized spacial score (nSPS) is 11.4. The maximum atomic E-state index is 12.8. The second-order valence-electron chi connectivity index (χ2n) is 4.02. The predicted molar refractivity (Wildman–Crippen MR) is 73.4 cm³/mol. The summed E-state index contributed by atoms with van der Waals surface area (Å²) in [5, 5.41) is 9.21. The van der Waals surface area contributed by atoms with Gasteiger partial charge in [-0.05, 0) is 17.9 Å². The molecule has 0 radical (unpaired) electrons. The highest BCUT2D eigenvalue weighted by Gasteiger charge is 2.33. The first-order valence-corrected chi connectivity index (χ1v) is 6.92. The van der Waals surface area contributed by atoms with Gasteiger partial charge in [0.2, 0.25) is 5.95 Å². The lowest BCUT2D eigenvalue weighted by Crippen LogP contribution is -2.13. The van der Waals surface area contributed by atoms with Crippen molar-refractivity contribution in [1.82, 2.24) is 9.97 Å². The standard InChI is InChI=1S/C12H13F3N4S/c1-2-4-16-11-18-9(12(13,14)15)6-10(19-11)17-8-3-5-20-7-8/h3,5-7H,2,4H2,1H3,(H2,16,17,18,19). The van der Waals surface area contributed by atoms with E-state index >= 15 is 0 Å². The zero-order valence-corrected chi connectivity index (χ0v) is 11.5. The van der Waals surface area contributed by atoms with Gasteiger partial charge in [-0.15, -0.1) is 0 Å². The fraction of sp³-hybridized carbons (Fsp3) is 0.333. The number of nitrogens with zero attached hydrogens (tertiary/aromatic N) is 2. The van der Waals surface area contributed by atoms with Crippen molar-refractivity contribution in [2.45, 2.75) is 19.5 Å². The van der Waals surface area contributed by atoms with Crippen LogP contribution in [0.5, 0.6) is 0 Å². The molecule has 0 unspecified atom stereocenters. The van der Waals surface area contributed by atoms with Gasteiger partial charge in [0.15, 0.2) is 5.69 Å². The number of aromatic nitrogens is 2. The van der Waals surface area contributed by atoms with E-state index in [2.05, 4.69) is 20.6 Å². The molecule has 2 heterocycles. The van der Waals surface area contributed by atoms with Crippen molar-refractivity contribution in [2.75, 3.05) is 17.2 Å². The van der Waals surface area contributed by atoms with Crippen LogP contribution in [0.4, 0.5) is 30.6 Å². The number of rotatable bonds is 5. The summed E-state index contributed by atoms with van der Waals surface area (Å²) < 4.78 is 38.4. The van der Waals surface area contributed by atoms with Crippen molar-refractivity contribution in [1.29, 1.82) is 0 Å². The molecule has 0 saturated carbocycles. The summed E-state index contributed by atoms with van der Waals surface area (Å²) in [6.45, 7) is 2.42. The third-order valence-electron chi connectivity index (χ3n) is 2.34. The number of hydrogen-bond acceptors (Lipinski definition) is 5. The van der Waals surface area contributed by atoms with Crippen LogP contribution in [-0.2, 0) is 6.18 Å². The van der Waals surface area contributed by atoms with E-state index in [9.17, 15) is 13.2 Å². The third-order valence-corrected chi connectivity index (χ3v) is 3.03. The van der Waals surface area contributed by atoms with E-state index in [1.807, 2.05) is 12.3 Å². The van der Waals surface area contributed by atoms with Crippen molar-refractivity contribution in [2.24, 2.45) is 0 Å². The molecule has 2 aromatic rings. The smallest absolute Gasteiger partial charge is 0.354 e. The number of anilines is 3. The quantitative estimate of drug-likeness (QED) is 0.872. The van der Waals surface area contributed by atoms with E-state index in [4.69, 9.17) is 0 Å². The van der Waals surface area contributed by atoms with Gasteiger partial charge in [0, 0.05) is 18.0 Å². The topological polar surface area (TPSA) is 49.8 Å². The van der Waals surface area contributed by atoms with Crippen molar-refractivity contribution >= 4 is 28.8 Å². The Bertz CT molecular complexity index is 554. The van der Waals surface area contributed by atoms with Gasteiger partial charge < -0.3 is 10.6 Å². The number of hydrogen-bond donors (Lipinski definition) is 2. The number of nitrogens with one attached hydrogen (secondary N) is 2. The summed E-state index contributed by atoms with van der Waals surface area (Å²) in [5.74, 6) is 0.0868. The lowest BCUT2D eigenvalue weighted by Gasteiger charge is -2.11. The molecule has 20 heavy (non-hydrogen) atoms. The molecule has 0 amide bonds. The molecule has 2 rings (SSSR count). The van der Waals surface area contributed by atoms with Gasteiger partial charge in [0.25, 0.3) is 0 Å². The Hall–Kier alpha value is -1.83. The van der Waals surface area contributed by atoms with E-state index in [1.54, 1.807) is 11.4 Å². The van der Waals surface area contributed by atoms with Crippen molar-refractivity contribution < 1.29 is 13.2 Å². The van der Waals surface area contributed by atoms with Crippen LogP contribution in [0.2, 0.25) is 0 Å². The summed E-state index contributed by atoms with van der Waals surface area (Å²) in [7, 11) is 0. The van der Waals surface area contributed by atoms with Gasteiger partial charge in [-0.1, -0.05) is 6.92 Å². The summed E-state index contributed by atoms with van der Waals surface area (Å²) in [6.07, 6.45) is -3.73. The first kappa shape index (κ1) is 14.6. The van der Waals surface area contributed by atoms with Gasteiger partial charge in [-0.25, -0.2) is 4.98 Å². The SMILES string of the molecule is CCCNc1nc(Nc2ccsc2)cc(C(F)(F)F)n1. The Balaban J connectivity index is 2.29. The number of thiophene rings is 1. The molecule has 0 aliphatic rings. The first-order chi connectivity index (χ1) is 9.49. The minimum absolute atomic E-state index is 0.0283. The molecule has 0 aliphatic carbocycles. The molecule has 0 aromatic carbocycles. The molecular weight excluding hydrogens is 289 g/mol. The lowest BCUT2D eigenvalue weighted by molar-refractivity contribution is -0.141. The molecule has 0 aliphatic heterocycles. The molecule has 0 spiro atoms. The zero-order valence-electron chi connectivity index (χ0n) is 10.7. The van der Waals surface area contributed by atoms with Gasteiger partial charge in [0.05, 0.1) is 5.69 Å². The largest absolute Gasteiger partial charge is 0.433 e. The summed E-state index contributed by atoms with van der Waals surface area (Å²) in [5.41, 5.74) is -0.271.